The lowest BCUT2D eigenvalue weighted by Crippen LogP contribution is -2.51. The summed E-state index contributed by atoms with van der Waals surface area (Å²) in [7, 11) is 0. The quantitative estimate of drug-likeness (QED) is 0.192. The zero-order valence-corrected chi connectivity index (χ0v) is 34.0. The number of ketones is 2. The number of rotatable bonds is 7. The lowest BCUT2D eigenvalue weighted by Gasteiger charge is -2.58. The van der Waals surface area contributed by atoms with Gasteiger partial charge in [0.05, 0.1) is 12.3 Å². The zero-order chi connectivity index (χ0) is 37.7. The van der Waals surface area contributed by atoms with E-state index in [0.29, 0.717) is 47.1 Å². The molecule has 0 aromatic carbocycles. The van der Waals surface area contributed by atoms with Crippen molar-refractivity contribution in [1.29, 1.82) is 0 Å². The summed E-state index contributed by atoms with van der Waals surface area (Å²) in [6, 6.07) is 0. The molecule has 0 amide bonds. The number of Topliss-reactive ketones (excluding diaryl/α,β-unsaturated/α-hetero) is 2. The van der Waals surface area contributed by atoms with Crippen molar-refractivity contribution >= 4 is 23.5 Å². The summed E-state index contributed by atoms with van der Waals surface area (Å²) in [6.45, 7) is 15.2. The molecule has 292 valence electrons. The fourth-order valence-electron chi connectivity index (χ4n) is 15.6. The molecule has 0 spiro atoms. The van der Waals surface area contributed by atoms with Crippen LogP contribution in [0.2, 0.25) is 0 Å². The van der Waals surface area contributed by atoms with E-state index < -0.39 is 5.92 Å². The van der Waals surface area contributed by atoms with Gasteiger partial charge in [-0.05, 0) is 161 Å². The van der Waals surface area contributed by atoms with Crippen LogP contribution in [0.4, 0.5) is 0 Å². The molecule has 0 heterocycles. The normalized spacial score (nSPS) is 47.5. The second-order valence-corrected chi connectivity index (χ2v) is 20.9. The maximum atomic E-state index is 13.4. The van der Waals surface area contributed by atoms with Crippen LogP contribution >= 0.6 is 0 Å². The van der Waals surface area contributed by atoms with Crippen molar-refractivity contribution in [3.8, 4) is 0 Å². The van der Waals surface area contributed by atoms with Gasteiger partial charge in [-0.2, -0.15) is 0 Å². The summed E-state index contributed by atoms with van der Waals surface area (Å²) >= 11 is 0. The van der Waals surface area contributed by atoms with Crippen LogP contribution in [-0.2, 0) is 28.7 Å². The predicted octanol–water partition coefficient (Wildman–Crippen LogP) is 10.2. The van der Waals surface area contributed by atoms with E-state index in [2.05, 4.69) is 39.8 Å². The maximum absolute atomic E-state index is 13.4. The van der Waals surface area contributed by atoms with Crippen molar-refractivity contribution in [3.05, 3.63) is 23.3 Å². The van der Waals surface area contributed by atoms with Crippen molar-refractivity contribution in [2.75, 3.05) is 0 Å². The van der Waals surface area contributed by atoms with Gasteiger partial charge >= 0.3 is 11.9 Å². The van der Waals surface area contributed by atoms with E-state index in [1.165, 1.54) is 36.8 Å². The molecule has 8 aliphatic carbocycles. The van der Waals surface area contributed by atoms with Gasteiger partial charge in [0.25, 0.3) is 0 Å². The standard InChI is InChI=1S/C47H68O6/c1-27(43(51)53-33-17-21-45(5)31(26-33)9-11-35-39-15-13-37(29(3)49)47(39,7)23-19-41(35)45)24-42(50)52-32-16-20-44(4)30(25-32)8-10-34-38-14-12-36(28(2)48)46(38,6)22-18-40(34)44/h8-9,27,32-41H,10-26H2,1-7H3. The largest absolute Gasteiger partial charge is 0.462 e. The van der Waals surface area contributed by atoms with Crippen LogP contribution in [0, 0.1) is 74.9 Å². The molecule has 0 radical (unpaired) electrons. The SMILES string of the molecule is CC(=O)C1CCC2C3CC=C4CC(OC(=O)CC(C)C(=O)OC5CCC6(C)C(=CCC7C6CCC6(C)C(C(C)=O)CCC76)C5)CCC4(C)C3CCC12C. The molecule has 0 saturated heterocycles. The van der Waals surface area contributed by atoms with Crippen molar-refractivity contribution < 1.29 is 28.7 Å². The molecule has 0 bridgehead atoms. The number of hydrogen-bond acceptors (Lipinski definition) is 6. The highest BCUT2D eigenvalue weighted by Gasteiger charge is 2.61. The van der Waals surface area contributed by atoms with Crippen molar-refractivity contribution in [2.45, 2.75) is 170 Å². The van der Waals surface area contributed by atoms with E-state index in [9.17, 15) is 19.2 Å². The minimum Gasteiger partial charge on any atom is -0.462 e. The fraction of sp³-hybridized carbons (Fsp3) is 0.830. The highest BCUT2D eigenvalue weighted by molar-refractivity contribution is 5.80. The molecule has 6 fully saturated rings. The van der Waals surface area contributed by atoms with Gasteiger partial charge in [-0.1, -0.05) is 57.9 Å². The first-order valence-electron chi connectivity index (χ1n) is 21.9. The first-order valence-corrected chi connectivity index (χ1v) is 21.9. The van der Waals surface area contributed by atoms with Gasteiger partial charge in [0.15, 0.2) is 0 Å². The Balaban J connectivity index is 0.831. The minimum absolute atomic E-state index is 0.0617. The number of esters is 2. The lowest BCUT2D eigenvalue weighted by atomic mass is 9.47. The number of ether oxygens (including phenoxy) is 2. The molecular weight excluding hydrogens is 661 g/mol. The van der Waals surface area contributed by atoms with Gasteiger partial charge in [-0.15, -0.1) is 0 Å². The predicted molar refractivity (Wildman–Crippen MR) is 205 cm³/mol. The molecule has 15 atom stereocenters. The second-order valence-electron chi connectivity index (χ2n) is 20.9. The highest BCUT2D eigenvalue weighted by Crippen LogP contribution is 2.68. The average molecular weight is 729 g/mol. The number of allylic oxidation sites excluding steroid dienone is 2. The Kier molecular flexibility index (Phi) is 9.57. The summed E-state index contributed by atoms with van der Waals surface area (Å²) in [5.41, 5.74) is 3.55. The molecule has 8 rings (SSSR count). The van der Waals surface area contributed by atoms with E-state index in [-0.39, 0.29) is 64.1 Å². The monoisotopic (exact) mass is 729 g/mol. The maximum Gasteiger partial charge on any atom is 0.309 e. The summed E-state index contributed by atoms with van der Waals surface area (Å²) in [5, 5.41) is 0. The van der Waals surface area contributed by atoms with Gasteiger partial charge in [-0.25, -0.2) is 0 Å². The summed E-state index contributed by atoms with van der Waals surface area (Å²) in [5.74, 6) is 4.00. The Morgan fingerprint density at radius 2 is 1.08 bits per heavy atom. The Labute approximate surface area is 319 Å². The van der Waals surface area contributed by atoms with Crippen LogP contribution in [0.1, 0.15) is 158 Å². The van der Waals surface area contributed by atoms with Gasteiger partial charge in [-0.3, -0.25) is 19.2 Å². The third-order valence-electron chi connectivity index (χ3n) is 18.6. The molecular formula is C47H68O6. The zero-order valence-electron chi connectivity index (χ0n) is 34.0. The number of hydrogen-bond donors (Lipinski definition) is 0. The first kappa shape index (κ1) is 37.7. The van der Waals surface area contributed by atoms with Crippen LogP contribution < -0.4 is 0 Å². The van der Waals surface area contributed by atoms with Crippen molar-refractivity contribution in [1.82, 2.24) is 0 Å². The molecule has 8 aliphatic rings. The summed E-state index contributed by atoms with van der Waals surface area (Å²) < 4.78 is 12.2. The van der Waals surface area contributed by atoms with Gasteiger partial charge in [0, 0.05) is 24.7 Å². The molecule has 6 nitrogen and oxygen atoms in total. The van der Waals surface area contributed by atoms with E-state index in [1.807, 2.05) is 6.92 Å². The molecule has 0 aliphatic heterocycles. The molecule has 6 saturated carbocycles. The highest BCUT2D eigenvalue weighted by atomic mass is 16.6. The Hall–Kier alpha value is -2.24. The molecule has 0 aromatic rings. The molecule has 0 N–H and O–H groups in total. The Bertz CT molecular complexity index is 1590. The van der Waals surface area contributed by atoms with Crippen LogP contribution in [0.15, 0.2) is 23.3 Å². The topological polar surface area (TPSA) is 86.7 Å². The fourth-order valence-corrected chi connectivity index (χ4v) is 15.6. The first-order chi connectivity index (χ1) is 25.1. The number of carbonyl (C=O) groups is 4. The van der Waals surface area contributed by atoms with Gasteiger partial charge in [0.1, 0.15) is 23.8 Å². The van der Waals surface area contributed by atoms with Crippen LogP contribution in [-0.4, -0.2) is 35.7 Å². The molecule has 15 unspecified atom stereocenters. The molecule has 53 heavy (non-hydrogen) atoms. The van der Waals surface area contributed by atoms with Gasteiger partial charge in [0.2, 0.25) is 0 Å². The third kappa shape index (κ3) is 5.98. The Morgan fingerprint density at radius 3 is 1.53 bits per heavy atom. The lowest BCUT2D eigenvalue weighted by molar-refractivity contribution is -0.162. The Morgan fingerprint density at radius 1 is 0.623 bits per heavy atom. The van der Waals surface area contributed by atoms with Crippen LogP contribution in [0.3, 0.4) is 0 Å². The molecule has 0 aromatic heterocycles. The molecule has 6 heteroatoms. The number of carbonyl (C=O) groups excluding carboxylic acids is 4. The number of fused-ring (bicyclic) bond motifs is 10. The van der Waals surface area contributed by atoms with Crippen LogP contribution in [0.5, 0.6) is 0 Å². The second kappa shape index (κ2) is 13.5. The van der Waals surface area contributed by atoms with E-state index in [0.717, 1.165) is 77.0 Å². The van der Waals surface area contributed by atoms with Gasteiger partial charge < -0.3 is 9.47 Å². The van der Waals surface area contributed by atoms with Crippen molar-refractivity contribution in [3.63, 3.8) is 0 Å². The van der Waals surface area contributed by atoms with E-state index in [4.69, 9.17) is 9.47 Å². The summed E-state index contributed by atoms with van der Waals surface area (Å²) in [6.07, 6.45) is 21.5. The van der Waals surface area contributed by atoms with E-state index >= 15 is 0 Å². The third-order valence-corrected chi connectivity index (χ3v) is 18.6. The van der Waals surface area contributed by atoms with Crippen molar-refractivity contribution in [2.24, 2.45) is 74.9 Å². The van der Waals surface area contributed by atoms with E-state index in [1.54, 1.807) is 13.8 Å². The smallest absolute Gasteiger partial charge is 0.309 e. The summed E-state index contributed by atoms with van der Waals surface area (Å²) in [4.78, 5) is 51.7. The van der Waals surface area contributed by atoms with Crippen LogP contribution in [0.25, 0.3) is 0 Å². The average Bonchev–Trinajstić information content (AvgIpc) is 3.65. The minimum atomic E-state index is -0.529.